The second-order valence-corrected chi connectivity index (χ2v) is 14.0. The number of para-hydroxylation sites is 1. The summed E-state index contributed by atoms with van der Waals surface area (Å²) >= 11 is 0. The van der Waals surface area contributed by atoms with E-state index in [2.05, 4.69) is 20.4 Å². The van der Waals surface area contributed by atoms with E-state index in [0.29, 0.717) is 49.5 Å². The first-order valence-corrected chi connectivity index (χ1v) is 16.4. The van der Waals surface area contributed by atoms with Gasteiger partial charge in [-0.15, -0.1) is 0 Å². The van der Waals surface area contributed by atoms with Crippen LogP contribution in [0.4, 0.5) is 10.6 Å². The van der Waals surface area contributed by atoms with E-state index in [0.717, 1.165) is 81.3 Å². The molecule has 1 aromatic heterocycles. The smallest absolute Gasteiger partial charge is 0.407 e. The number of anilines is 1. The van der Waals surface area contributed by atoms with Gasteiger partial charge in [-0.3, -0.25) is 9.59 Å². The van der Waals surface area contributed by atoms with Gasteiger partial charge in [-0.05, 0) is 102 Å². The number of nitrogens with one attached hydrogen (secondary N) is 2. The zero-order chi connectivity index (χ0) is 31.3. The van der Waals surface area contributed by atoms with Crippen molar-refractivity contribution in [3.05, 3.63) is 35.9 Å². The average Bonchev–Trinajstić information content (AvgIpc) is 2.97. The van der Waals surface area contributed by atoms with Crippen molar-refractivity contribution in [3.63, 3.8) is 0 Å². The van der Waals surface area contributed by atoms with E-state index in [-0.39, 0.29) is 17.9 Å². The first kappa shape index (κ1) is 32.0. The number of carboxylic acid groups (broad SMARTS) is 1. The van der Waals surface area contributed by atoms with Crippen LogP contribution < -0.4 is 15.5 Å². The minimum atomic E-state index is -0.681. The fourth-order valence-electron chi connectivity index (χ4n) is 6.75. The van der Waals surface area contributed by atoms with Crippen molar-refractivity contribution in [2.75, 3.05) is 50.7 Å². The highest BCUT2D eigenvalue weighted by Crippen LogP contribution is 2.30. The number of carboxylic acids is 1. The Morgan fingerprint density at radius 2 is 1.57 bits per heavy atom. The van der Waals surface area contributed by atoms with E-state index in [1.54, 1.807) is 0 Å². The number of nitrogens with zero attached hydrogens (tertiary/aromatic N) is 3. The van der Waals surface area contributed by atoms with Gasteiger partial charge < -0.3 is 30.3 Å². The predicted molar refractivity (Wildman–Crippen MR) is 171 cm³/mol. The molecule has 0 atom stereocenters. The zero-order valence-electron chi connectivity index (χ0n) is 26.5. The molecule has 3 N–H and O–H groups in total. The molecule has 1 aliphatic carbocycles. The molecule has 3 aliphatic rings. The molecule has 10 nitrogen and oxygen atoms in total. The Labute approximate surface area is 260 Å². The van der Waals surface area contributed by atoms with Crippen LogP contribution in [-0.2, 0) is 9.53 Å². The zero-order valence-corrected chi connectivity index (χ0v) is 26.5. The predicted octanol–water partition coefficient (Wildman–Crippen LogP) is 4.92. The lowest BCUT2D eigenvalue weighted by molar-refractivity contribution is -0.147. The molecule has 0 radical (unpaired) electrons. The summed E-state index contributed by atoms with van der Waals surface area (Å²) in [6.07, 6.45) is 6.97. The first-order chi connectivity index (χ1) is 21.0. The number of alkyl carbamates (subject to hydrolysis) is 1. The molecule has 0 spiro atoms. The number of hydrogen-bond donors (Lipinski definition) is 3. The molecule has 2 aliphatic heterocycles. The van der Waals surface area contributed by atoms with Gasteiger partial charge in [-0.1, -0.05) is 18.2 Å². The highest BCUT2D eigenvalue weighted by Gasteiger charge is 2.33. The number of amides is 2. The molecular weight excluding hydrogens is 558 g/mol. The van der Waals surface area contributed by atoms with E-state index in [9.17, 15) is 14.4 Å². The molecule has 5 rings (SSSR count). The molecule has 2 amide bonds. The van der Waals surface area contributed by atoms with E-state index >= 15 is 0 Å². The fraction of sp³-hybridized carbons (Fsp3) is 0.647. The van der Waals surface area contributed by atoms with Crippen molar-refractivity contribution in [1.82, 2.24) is 20.5 Å². The molecule has 1 saturated carbocycles. The minimum Gasteiger partial charge on any atom is -0.481 e. The van der Waals surface area contributed by atoms with Crippen molar-refractivity contribution in [1.29, 1.82) is 0 Å². The summed E-state index contributed by atoms with van der Waals surface area (Å²) in [6.45, 7) is 11.0. The van der Waals surface area contributed by atoms with Gasteiger partial charge in [0, 0.05) is 44.7 Å². The largest absolute Gasteiger partial charge is 0.481 e. The van der Waals surface area contributed by atoms with Crippen LogP contribution in [0.15, 0.2) is 30.3 Å². The Balaban J connectivity index is 1.10. The van der Waals surface area contributed by atoms with Crippen LogP contribution in [0.5, 0.6) is 0 Å². The normalized spacial score (nSPS) is 21.9. The number of benzene rings is 1. The monoisotopic (exact) mass is 607 g/mol. The maximum absolute atomic E-state index is 13.5. The lowest BCUT2D eigenvalue weighted by Crippen LogP contribution is -2.50. The van der Waals surface area contributed by atoms with Gasteiger partial charge in [-0.2, -0.15) is 0 Å². The Hall–Kier alpha value is -3.40. The molecule has 2 saturated heterocycles. The van der Waals surface area contributed by atoms with Crippen LogP contribution >= 0.6 is 0 Å². The second-order valence-electron chi connectivity index (χ2n) is 14.0. The van der Waals surface area contributed by atoms with E-state index in [4.69, 9.17) is 14.8 Å². The number of aliphatic carboxylic acids is 1. The SMILES string of the molecule is CC(C)(C)OC(=O)NC[C@H]1CC[C@H](CNC(=O)c2cc(N3CCC(CCN4CC(C(=O)O)C4)CC3)nc3ccccc23)CC1. The number of aromatic nitrogens is 1. The van der Waals surface area contributed by atoms with Gasteiger partial charge in [0.2, 0.25) is 0 Å². The van der Waals surface area contributed by atoms with Crippen LogP contribution in [0.1, 0.15) is 76.1 Å². The van der Waals surface area contributed by atoms with Crippen LogP contribution in [0, 0.1) is 23.7 Å². The summed E-state index contributed by atoms with van der Waals surface area (Å²) in [5.74, 6) is 1.41. The summed E-state index contributed by atoms with van der Waals surface area (Å²) in [5.41, 5.74) is 1.01. The van der Waals surface area contributed by atoms with Crippen molar-refractivity contribution in [2.45, 2.75) is 71.3 Å². The van der Waals surface area contributed by atoms with Crippen molar-refractivity contribution in [3.8, 4) is 0 Å². The second kappa shape index (κ2) is 14.1. The van der Waals surface area contributed by atoms with Gasteiger partial charge in [0.25, 0.3) is 5.91 Å². The van der Waals surface area contributed by atoms with Crippen molar-refractivity contribution >= 4 is 34.7 Å². The van der Waals surface area contributed by atoms with Gasteiger partial charge in [0.15, 0.2) is 0 Å². The lowest BCUT2D eigenvalue weighted by atomic mass is 9.82. The third-order valence-electron chi connectivity index (χ3n) is 9.50. The third kappa shape index (κ3) is 8.61. The van der Waals surface area contributed by atoms with Crippen molar-refractivity contribution < 1.29 is 24.2 Å². The first-order valence-electron chi connectivity index (χ1n) is 16.4. The summed E-state index contributed by atoms with van der Waals surface area (Å²) in [5, 5.41) is 16.1. The fourth-order valence-corrected chi connectivity index (χ4v) is 6.75. The number of piperidine rings is 1. The molecule has 10 heteroatoms. The number of fused-ring (bicyclic) bond motifs is 1. The molecule has 44 heavy (non-hydrogen) atoms. The maximum Gasteiger partial charge on any atom is 0.407 e. The Bertz CT molecular complexity index is 1300. The highest BCUT2D eigenvalue weighted by molar-refractivity contribution is 6.07. The van der Waals surface area contributed by atoms with Gasteiger partial charge in [0.05, 0.1) is 17.0 Å². The van der Waals surface area contributed by atoms with Gasteiger partial charge in [-0.25, -0.2) is 9.78 Å². The minimum absolute atomic E-state index is 0.0531. The van der Waals surface area contributed by atoms with Crippen LogP contribution in [-0.4, -0.2) is 84.4 Å². The molecule has 0 bridgehead atoms. The van der Waals surface area contributed by atoms with Gasteiger partial charge >= 0.3 is 12.1 Å². The van der Waals surface area contributed by atoms with E-state index in [1.807, 2.05) is 51.1 Å². The number of carbonyl (C=O) groups excluding carboxylic acids is 2. The summed E-state index contributed by atoms with van der Waals surface area (Å²) in [7, 11) is 0. The standard InChI is InChI=1S/C34H49N5O5/c1-34(2,3)44-33(43)36-20-25-10-8-24(9-11-25)19-35-31(40)28-18-30(37-29-7-5-4-6-27(28)29)39-16-13-23(14-17-39)12-15-38-21-26(22-38)32(41)42/h4-7,18,23-26H,8-17,19-22H2,1-3H3,(H,35,40)(H,36,43)(H,41,42)/t24-,25-. The Morgan fingerprint density at radius 1 is 0.932 bits per heavy atom. The van der Waals surface area contributed by atoms with Crippen LogP contribution in [0.2, 0.25) is 0 Å². The van der Waals surface area contributed by atoms with Crippen LogP contribution in [0.3, 0.4) is 0 Å². The number of likely N-dealkylation sites (tertiary alicyclic amines) is 1. The van der Waals surface area contributed by atoms with E-state index in [1.165, 1.54) is 0 Å². The summed E-state index contributed by atoms with van der Waals surface area (Å²) in [6, 6.07) is 9.83. The average molecular weight is 608 g/mol. The number of rotatable bonds is 10. The molecule has 1 aromatic carbocycles. The van der Waals surface area contributed by atoms with E-state index < -0.39 is 11.6 Å². The number of hydrogen-bond acceptors (Lipinski definition) is 7. The summed E-state index contributed by atoms with van der Waals surface area (Å²) < 4.78 is 5.35. The number of ether oxygens (including phenoxy) is 1. The topological polar surface area (TPSA) is 124 Å². The van der Waals surface area contributed by atoms with Crippen LogP contribution in [0.25, 0.3) is 10.9 Å². The Morgan fingerprint density at radius 3 is 2.20 bits per heavy atom. The molecule has 2 aromatic rings. The van der Waals surface area contributed by atoms with Gasteiger partial charge in [0.1, 0.15) is 11.4 Å². The molecular formula is C34H49N5O5. The number of pyridine rings is 1. The molecule has 3 fully saturated rings. The quantitative estimate of drug-likeness (QED) is 0.348. The molecule has 3 heterocycles. The summed E-state index contributed by atoms with van der Waals surface area (Å²) in [4.78, 5) is 46.1. The Kier molecular flexibility index (Phi) is 10.3. The molecule has 240 valence electrons. The third-order valence-corrected chi connectivity index (χ3v) is 9.50. The molecule has 0 unspecified atom stereocenters. The number of carbonyl (C=O) groups is 3. The lowest BCUT2D eigenvalue weighted by Gasteiger charge is -2.39. The maximum atomic E-state index is 13.5. The highest BCUT2D eigenvalue weighted by atomic mass is 16.6. The van der Waals surface area contributed by atoms with Crippen molar-refractivity contribution in [2.24, 2.45) is 23.7 Å².